The van der Waals surface area contributed by atoms with Crippen LogP contribution < -0.4 is 9.64 Å². The molecular formula is C31H29N3O2. The monoisotopic (exact) mass is 475 g/mol. The van der Waals surface area contributed by atoms with E-state index in [4.69, 9.17) is 4.74 Å². The molecule has 0 aromatic heterocycles. The molecule has 0 bridgehead atoms. The Bertz CT molecular complexity index is 1310. The summed E-state index contributed by atoms with van der Waals surface area (Å²) in [7, 11) is 0. The first-order valence-electron chi connectivity index (χ1n) is 12.1. The first kappa shape index (κ1) is 24.6. The van der Waals surface area contributed by atoms with Crippen LogP contribution in [0.5, 0.6) is 5.75 Å². The van der Waals surface area contributed by atoms with Gasteiger partial charge in [-0.25, -0.2) is 4.79 Å². The van der Waals surface area contributed by atoms with Gasteiger partial charge in [0.2, 0.25) is 0 Å². The molecule has 4 aromatic carbocycles. The van der Waals surface area contributed by atoms with Gasteiger partial charge in [-0.15, -0.1) is 0 Å². The number of nitrogens with zero attached hydrogens (tertiary/aromatic N) is 3. The zero-order chi connectivity index (χ0) is 25.2. The minimum atomic E-state index is -0.418. The summed E-state index contributed by atoms with van der Waals surface area (Å²) in [5.41, 5.74) is 5.20. The number of anilines is 1. The zero-order valence-electron chi connectivity index (χ0n) is 20.5. The number of azo groups is 1. The van der Waals surface area contributed by atoms with Gasteiger partial charge in [0.25, 0.3) is 0 Å². The van der Waals surface area contributed by atoms with E-state index in [2.05, 4.69) is 29.0 Å². The predicted molar refractivity (Wildman–Crippen MR) is 147 cm³/mol. The van der Waals surface area contributed by atoms with Gasteiger partial charge in [-0.05, 0) is 85.6 Å². The van der Waals surface area contributed by atoms with Crippen LogP contribution in [0.15, 0.2) is 113 Å². The van der Waals surface area contributed by atoms with Gasteiger partial charge in [0.15, 0.2) is 0 Å². The molecule has 0 saturated carbocycles. The van der Waals surface area contributed by atoms with Gasteiger partial charge < -0.3 is 9.64 Å². The van der Waals surface area contributed by atoms with Crippen molar-refractivity contribution >= 4 is 35.2 Å². The molecule has 4 aromatic rings. The lowest BCUT2D eigenvalue weighted by Gasteiger charge is -2.20. The van der Waals surface area contributed by atoms with E-state index in [9.17, 15) is 4.79 Å². The molecule has 0 aliphatic heterocycles. The molecule has 0 amide bonds. The molecule has 36 heavy (non-hydrogen) atoms. The van der Waals surface area contributed by atoms with Crippen LogP contribution in [0.3, 0.4) is 0 Å². The number of ether oxygens (including phenoxy) is 1. The van der Waals surface area contributed by atoms with Crippen LogP contribution >= 0.6 is 0 Å². The van der Waals surface area contributed by atoms with E-state index in [1.807, 2.05) is 78.9 Å². The standard InChI is InChI=1S/C31H29N3O2/c1-3-34(4-2)29-20-18-28(19-21-29)33-32-27-16-14-26(15-17-27)31(35)36-30-22-12-25(13-23-30)11-10-24-8-6-5-7-9-24/h5-23H,3-4H2,1-2H3. The summed E-state index contributed by atoms with van der Waals surface area (Å²) < 4.78 is 5.52. The lowest BCUT2D eigenvalue weighted by molar-refractivity contribution is 0.0735. The fourth-order valence-corrected chi connectivity index (χ4v) is 3.67. The maximum absolute atomic E-state index is 12.5. The molecule has 0 fully saturated rings. The van der Waals surface area contributed by atoms with E-state index in [-0.39, 0.29) is 0 Å². The van der Waals surface area contributed by atoms with Crippen molar-refractivity contribution in [1.29, 1.82) is 0 Å². The molecule has 5 nitrogen and oxygen atoms in total. The van der Waals surface area contributed by atoms with Crippen molar-refractivity contribution in [3.63, 3.8) is 0 Å². The largest absolute Gasteiger partial charge is 0.423 e. The SMILES string of the molecule is CCN(CC)c1ccc(N=Nc2ccc(C(=O)Oc3ccc(C=Cc4ccccc4)cc3)cc2)cc1. The third kappa shape index (κ3) is 6.76. The molecule has 0 unspecified atom stereocenters. The number of carbonyl (C=O) groups is 1. The van der Waals surface area contributed by atoms with Crippen LogP contribution in [0.1, 0.15) is 35.3 Å². The van der Waals surface area contributed by atoms with E-state index >= 15 is 0 Å². The van der Waals surface area contributed by atoms with Crippen LogP contribution in [-0.4, -0.2) is 19.1 Å². The molecule has 0 N–H and O–H groups in total. The highest BCUT2D eigenvalue weighted by Gasteiger charge is 2.08. The van der Waals surface area contributed by atoms with Crippen LogP contribution in [0.4, 0.5) is 17.1 Å². The summed E-state index contributed by atoms with van der Waals surface area (Å²) in [6.45, 7) is 6.20. The van der Waals surface area contributed by atoms with E-state index in [0.717, 1.165) is 29.9 Å². The van der Waals surface area contributed by atoms with Crippen LogP contribution in [0.2, 0.25) is 0 Å². The molecule has 0 saturated heterocycles. The quantitative estimate of drug-likeness (QED) is 0.106. The Balaban J connectivity index is 1.33. The molecular weight excluding hydrogens is 446 g/mol. The molecule has 0 radical (unpaired) electrons. The number of carbonyl (C=O) groups excluding carboxylic acids is 1. The van der Waals surface area contributed by atoms with Gasteiger partial charge in [-0.1, -0.05) is 54.6 Å². The first-order valence-corrected chi connectivity index (χ1v) is 12.1. The molecule has 0 heterocycles. The summed E-state index contributed by atoms with van der Waals surface area (Å²) in [6.07, 6.45) is 4.06. The van der Waals surface area contributed by atoms with Crippen molar-refractivity contribution in [2.45, 2.75) is 13.8 Å². The molecule has 0 aliphatic rings. The average Bonchev–Trinajstić information content (AvgIpc) is 2.94. The van der Waals surface area contributed by atoms with Crippen molar-refractivity contribution in [2.75, 3.05) is 18.0 Å². The Morgan fingerprint density at radius 1 is 0.694 bits per heavy atom. The number of hydrogen-bond acceptors (Lipinski definition) is 5. The zero-order valence-corrected chi connectivity index (χ0v) is 20.5. The van der Waals surface area contributed by atoms with E-state index < -0.39 is 5.97 Å². The summed E-state index contributed by atoms with van der Waals surface area (Å²) in [5, 5.41) is 8.58. The summed E-state index contributed by atoms with van der Waals surface area (Å²) in [6, 6.07) is 32.4. The fourth-order valence-electron chi connectivity index (χ4n) is 3.67. The van der Waals surface area contributed by atoms with Gasteiger partial charge in [0.1, 0.15) is 5.75 Å². The summed E-state index contributed by atoms with van der Waals surface area (Å²) >= 11 is 0. The second-order valence-corrected chi connectivity index (χ2v) is 8.14. The van der Waals surface area contributed by atoms with E-state index in [1.165, 1.54) is 5.69 Å². The number of esters is 1. The van der Waals surface area contributed by atoms with Gasteiger partial charge >= 0.3 is 5.97 Å². The van der Waals surface area contributed by atoms with E-state index in [1.54, 1.807) is 36.4 Å². The molecule has 5 heteroatoms. The minimum absolute atomic E-state index is 0.418. The van der Waals surface area contributed by atoms with Gasteiger partial charge in [-0.2, -0.15) is 10.2 Å². The second-order valence-electron chi connectivity index (χ2n) is 8.14. The average molecular weight is 476 g/mol. The molecule has 4 rings (SSSR count). The van der Waals surface area contributed by atoms with Crippen molar-refractivity contribution in [3.8, 4) is 5.75 Å². The lowest BCUT2D eigenvalue weighted by atomic mass is 10.1. The summed E-state index contributed by atoms with van der Waals surface area (Å²) in [4.78, 5) is 14.8. The number of hydrogen-bond donors (Lipinski definition) is 0. The van der Waals surface area contributed by atoms with Gasteiger partial charge in [0.05, 0.1) is 16.9 Å². The Morgan fingerprint density at radius 3 is 1.78 bits per heavy atom. The highest BCUT2D eigenvalue weighted by atomic mass is 16.5. The normalized spacial score (nSPS) is 11.2. The topological polar surface area (TPSA) is 54.3 Å². The maximum atomic E-state index is 12.5. The van der Waals surface area contributed by atoms with E-state index in [0.29, 0.717) is 17.0 Å². The van der Waals surface area contributed by atoms with Crippen molar-refractivity contribution in [1.82, 2.24) is 0 Å². The third-order valence-corrected chi connectivity index (χ3v) is 5.72. The Labute approximate surface area is 212 Å². The molecule has 180 valence electrons. The highest BCUT2D eigenvalue weighted by molar-refractivity contribution is 5.91. The summed E-state index contributed by atoms with van der Waals surface area (Å²) in [5.74, 6) is 0.0758. The smallest absolute Gasteiger partial charge is 0.343 e. The number of rotatable bonds is 9. The minimum Gasteiger partial charge on any atom is -0.423 e. The Morgan fingerprint density at radius 2 is 1.22 bits per heavy atom. The Hall–Kier alpha value is -4.51. The van der Waals surface area contributed by atoms with Gasteiger partial charge in [0, 0.05) is 18.8 Å². The van der Waals surface area contributed by atoms with Crippen LogP contribution in [0.25, 0.3) is 12.2 Å². The third-order valence-electron chi connectivity index (χ3n) is 5.72. The number of benzene rings is 4. The fraction of sp³-hybridized carbons (Fsp3) is 0.129. The second kappa shape index (κ2) is 12.3. The van der Waals surface area contributed by atoms with Crippen LogP contribution in [0, 0.1) is 0 Å². The highest BCUT2D eigenvalue weighted by Crippen LogP contribution is 2.23. The van der Waals surface area contributed by atoms with Crippen molar-refractivity contribution in [3.05, 3.63) is 120 Å². The lowest BCUT2D eigenvalue weighted by Crippen LogP contribution is -2.21. The predicted octanol–water partition coefficient (Wildman–Crippen LogP) is 8.34. The van der Waals surface area contributed by atoms with Gasteiger partial charge in [-0.3, -0.25) is 0 Å². The maximum Gasteiger partial charge on any atom is 0.343 e. The van der Waals surface area contributed by atoms with Crippen molar-refractivity contribution < 1.29 is 9.53 Å². The van der Waals surface area contributed by atoms with Crippen molar-refractivity contribution in [2.24, 2.45) is 10.2 Å². The van der Waals surface area contributed by atoms with Crippen LogP contribution in [-0.2, 0) is 0 Å². The Kier molecular flexibility index (Phi) is 8.39. The molecule has 0 aliphatic carbocycles. The molecule has 0 spiro atoms. The molecule has 0 atom stereocenters. The first-order chi connectivity index (χ1) is 17.6.